The quantitative estimate of drug-likeness (QED) is 0.409. The van der Waals surface area contributed by atoms with Crippen LogP contribution in [0.15, 0.2) is 66.9 Å². The Labute approximate surface area is 189 Å². The number of nitrogens with one attached hydrogen (secondary N) is 1. The van der Waals surface area contributed by atoms with E-state index in [1.54, 1.807) is 34.9 Å². The van der Waals surface area contributed by atoms with Crippen molar-refractivity contribution in [3.05, 3.63) is 88.8 Å². The Hall–Kier alpha value is -3.84. The lowest BCUT2D eigenvalue weighted by Crippen LogP contribution is -2.21. The molecule has 2 aromatic carbocycles. The van der Waals surface area contributed by atoms with Crippen LogP contribution < -0.4 is 10.1 Å². The maximum absolute atomic E-state index is 12.4. The van der Waals surface area contributed by atoms with Crippen LogP contribution in [0.1, 0.15) is 21.7 Å². The third-order valence-corrected chi connectivity index (χ3v) is 4.94. The number of imidazole rings is 1. The van der Waals surface area contributed by atoms with Crippen LogP contribution in [0, 0.1) is 13.8 Å². The SMILES string of the molecule is Cc1ccc(Oc2ccc(Cl)cc2NC(=O)COC(=O)c2cn3c(C)cccc3n2)cc1. The van der Waals surface area contributed by atoms with E-state index < -0.39 is 18.5 Å². The van der Waals surface area contributed by atoms with Crippen LogP contribution in [0.2, 0.25) is 5.02 Å². The van der Waals surface area contributed by atoms with Gasteiger partial charge in [-0.3, -0.25) is 4.79 Å². The number of ether oxygens (including phenoxy) is 2. The van der Waals surface area contributed by atoms with Crippen LogP contribution >= 0.6 is 11.6 Å². The molecule has 4 rings (SSSR count). The fraction of sp³-hybridized carbons (Fsp3) is 0.125. The summed E-state index contributed by atoms with van der Waals surface area (Å²) in [6.07, 6.45) is 1.58. The summed E-state index contributed by atoms with van der Waals surface area (Å²) in [6, 6.07) is 17.9. The van der Waals surface area contributed by atoms with Crippen LogP contribution in [0.3, 0.4) is 0 Å². The van der Waals surface area contributed by atoms with E-state index in [-0.39, 0.29) is 5.69 Å². The molecular weight excluding hydrogens is 430 g/mol. The first-order chi connectivity index (χ1) is 15.4. The topological polar surface area (TPSA) is 81.9 Å². The first-order valence-corrected chi connectivity index (χ1v) is 10.2. The summed E-state index contributed by atoms with van der Waals surface area (Å²) in [7, 11) is 0. The minimum absolute atomic E-state index is 0.123. The molecule has 0 unspecified atom stereocenters. The molecule has 0 radical (unpaired) electrons. The number of hydrogen-bond donors (Lipinski definition) is 1. The molecule has 0 saturated carbocycles. The Balaban J connectivity index is 1.42. The lowest BCUT2D eigenvalue weighted by atomic mass is 10.2. The van der Waals surface area contributed by atoms with Crippen molar-refractivity contribution in [1.29, 1.82) is 0 Å². The van der Waals surface area contributed by atoms with Gasteiger partial charge in [0.2, 0.25) is 0 Å². The number of amides is 1. The van der Waals surface area contributed by atoms with E-state index in [0.717, 1.165) is 11.3 Å². The first kappa shape index (κ1) is 21.4. The average molecular weight is 450 g/mol. The first-order valence-electron chi connectivity index (χ1n) is 9.85. The van der Waals surface area contributed by atoms with Crippen molar-refractivity contribution in [1.82, 2.24) is 9.38 Å². The highest BCUT2D eigenvalue weighted by atomic mass is 35.5. The lowest BCUT2D eigenvalue weighted by Gasteiger charge is -2.13. The minimum Gasteiger partial charge on any atom is -0.455 e. The molecule has 8 heteroatoms. The summed E-state index contributed by atoms with van der Waals surface area (Å²) in [5.74, 6) is -0.199. The standard InChI is InChI=1S/C24H20ClN3O4/c1-15-6-9-18(10-7-15)32-21-11-8-17(25)12-19(21)27-23(29)14-31-24(30)20-13-28-16(2)4-3-5-22(28)26-20/h3-13H,14H2,1-2H3,(H,27,29). The van der Waals surface area contributed by atoms with Gasteiger partial charge in [-0.05, 0) is 56.3 Å². The van der Waals surface area contributed by atoms with Crippen LogP contribution in [0.25, 0.3) is 5.65 Å². The molecule has 7 nitrogen and oxygen atoms in total. The van der Waals surface area contributed by atoms with Gasteiger partial charge >= 0.3 is 5.97 Å². The third-order valence-electron chi connectivity index (χ3n) is 4.70. The molecule has 0 aliphatic rings. The number of carbonyl (C=O) groups is 2. The Morgan fingerprint density at radius 1 is 1.06 bits per heavy atom. The van der Waals surface area contributed by atoms with E-state index in [9.17, 15) is 9.59 Å². The maximum Gasteiger partial charge on any atom is 0.359 e. The van der Waals surface area contributed by atoms with E-state index in [4.69, 9.17) is 21.1 Å². The van der Waals surface area contributed by atoms with Gasteiger partial charge in [0.25, 0.3) is 5.91 Å². The second-order valence-electron chi connectivity index (χ2n) is 7.20. The fourth-order valence-electron chi connectivity index (χ4n) is 3.06. The number of aromatic nitrogens is 2. The van der Waals surface area contributed by atoms with Gasteiger partial charge in [-0.2, -0.15) is 0 Å². The highest BCUT2D eigenvalue weighted by Gasteiger charge is 2.16. The monoisotopic (exact) mass is 449 g/mol. The van der Waals surface area contributed by atoms with Crippen molar-refractivity contribution < 1.29 is 19.1 Å². The highest BCUT2D eigenvalue weighted by Crippen LogP contribution is 2.32. The Morgan fingerprint density at radius 2 is 1.84 bits per heavy atom. The van der Waals surface area contributed by atoms with Gasteiger partial charge in [-0.25, -0.2) is 9.78 Å². The lowest BCUT2D eigenvalue weighted by molar-refractivity contribution is -0.119. The molecular formula is C24H20ClN3O4. The predicted octanol–water partition coefficient (Wildman–Crippen LogP) is 5.19. The number of carbonyl (C=O) groups excluding carboxylic acids is 2. The van der Waals surface area contributed by atoms with Crippen LogP contribution in [-0.4, -0.2) is 27.9 Å². The van der Waals surface area contributed by atoms with Crippen molar-refractivity contribution in [2.75, 3.05) is 11.9 Å². The Kier molecular flexibility index (Phi) is 6.09. The molecule has 0 bridgehead atoms. The summed E-state index contributed by atoms with van der Waals surface area (Å²) in [5, 5.41) is 3.10. The molecule has 2 aromatic heterocycles. The van der Waals surface area contributed by atoms with Gasteiger partial charge in [0.05, 0.1) is 5.69 Å². The van der Waals surface area contributed by atoms with Gasteiger partial charge in [0, 0.05) is 16.9 Å². The number of esters is 1. The van der Waals surface area contributed by atoms with Crippen molar-refractivity contribution in [3.8, 4) is 11.5 Å². The highest BCUT2D eigenvalue weighted by molar-refractivity contribution is 6.31. The van der Waals surface area contributed by atoms with E-state index in [1.807, 2.05) is 50.2 Å². The predicted molar refractivity (Wildman–Crippen MR) is 122 cm³/mol. The number of halogens is 1. The minimum atomic E-state index is -0.689. The molecule has 1 N–H and O–H groups in total. The number of pyridine rings is 1. The number of nitrogens with zero attached hydrogens (tertiary/aromatic N) is 2. The summed E-state index contributed by atoms with van der Waals surface area (Å²) >= 11 is 6.08. The van der Waals surface area contributed by atoms with Crippen molar-refractivity contribution in [2.24, 2.45) is 0 Å². The summed E-state index contributed by atoms with van der Waals surface area (Å²) in [5.41, 5.74) is 3.14. The average Bonchev–Trinajstić information content (AvgIpc) is 3.21. The second-order valence-corrected chi connectivity index (χ2v) is 7.64. The molecule has 162 valence electrons. The van der Waals surface area contributed by atoms with Crippen molar-refractivity contribution in [2.45, 2.75) is 13.8 Å². The summed E-state index contributed by atoms with van der Waals surface area (Å²) < 4.78 is 12.8. The number of rotatable bonds is 6. The molecule has 0 spiro atoms. The van der Waals surface area contributed by atoms with E-state index in [2.05, 4.69) is 10.3 Å². The van der Waals surface area contributed by atoms with E-state index in [1.165, 1.54) is 0 Å². The van der Waals surface area contributed by atoms with Gasteiger partial charge in [-0.1, -0.05) is 35.4 Å². The van der Waals surface area contributed by atoms with Crippen molar-refractivity contribution >= 4 is 34.8 Å². The zero-order valence-electron chi connectivity index (χ0n) is 17.5. The summed E-state index contributed by atoms with van der Waals surface area (Å²) in [6.45, 7) is 3.40. The number of benzene rings is 2. The largest absolute Gasteiger partial charge is 0.455 e. The van der Waals surface area contributed by atoms with Gasteiger partial charge < -0.3 is 19.2 Å². The number of anilines is 1. The fourth-order valence-corrected chi connectivity index (χ4v) is 3.23. The molecule has 0 fully saturated rings. The number of aryl methyl sites for hydroxylation is 2. The van der Waals surface area contributed by atoms with Crippen LogP contribution in [-0.2, 0) is 9.53 Å². The smallest absolute Gasteiger partial charge is 0.359 e. The molecule has 0 saturated heterocycles. The molecule has 0 aliphatic carbocycles. The van der Waals surface area contributed by atoms with Crippen molar-refractivity contribution in [3.63, 3.8) is 0 Å². The van der Waals surface area contributed by atoms with Gasteiger partial charge in [-0.15, -0.1) is 0 Å². The van der Waals surface area contributed by atoms with E-state index in [0.29, 0.717) is 27.9 Å². The van der Waals surface area contributed by atoms with Crippen LogP contribution in [0.5, 0.6) is 11.5 Å². The molecule has 4 aromatic rings. The maximum atomic E-state index is 12.4. The second kappa shape index (κ2) is 9.11. The zero-order chi connectivity index (χ0) is 22.7. The van der Waals surface area contributed by atoms with Gasteiger partial charge in [0.1, 0.15) is 11.4 Å². The van der Waals surface area contributed by atoms with Crippen LogP contribution in [0.4, 0.5) is 5.69 Å². The molecule has 1 amide bonds. The normalized spacial score (nSPS) is 10.7. The number of hydrogen-bond acceptors (Lipinski definition) is 5. The van der Waals surface area contributed by atoms with Gasteiger partial charge in [0.15, 0.2) is 18.1 Å². The molecule has 0 aliphatic heterocycles. The Bertz CT molecular complexity index is 1300. The zero-order valence-corrected chi connectivity index (χ0v) is 18.2. The molecule has 0 atom stereocenters. The molecule has 32 heavy (non-hydrogen) atoms. The Morgan fingerprint density at radius 3 is 2.59 bits per heavy atom. The van der Waals surface area contributed by atoms with E-state index >= 15 is 0 Å². The third kappa shape index (κ3) is 4.90. The summed E-state index contributed by atoms with van der Waals surface area (Å²) in [4.78, 5) is 29.0. The number of fused-ring (bicyclic) bond motifs is 1. The molecule has 2 heterocycles.